The van der Waals surface area contributed by atoms with Gasteiger partial charge in [0.1, 0.15) is 23.4 Å². The van der Waals surface area contributed by atoms with Gasteiger partial charge in [-0.25, -0.2) is 4.98 Å². The molecular formula is C33H53N5O2. The van der Waals surface area contributed by atoms with Crippen LogP contribution in [0.4, 0.5) is 5.82 Å². The minimum atomic E-state index is -0.00416. The average molecular weight is 552 g/mol. The topological polar surface area (TPSA) is 71.5 Å². The monoisotopic (exact) mass is 551 g/mol. The minimum Gasteiger partial charge on any atom is -0.491 e. The maximum absolute atomic E-state index is 6.27. The first-order valence-electron chi connectivity index (χ1n) is 15.0. The summed E-state index contributed by atoms with van der Waals surface area (Å²) in [6.07, 6.45) is 7.02. The largest absolute Gasteiger partial charge is 0.491 e. The zero-order chi connectivity index (χ0) is 29.3. The average Bonchev–Trinajstić information content (AvgIpc) is 2.77. The Hall–Kier alpha value is -2.38. The van der Waals surface area contributed by atoms with Crippen LogP contribution in [0.3, 0.4) is 0 Å². The van der Waals surface area contributed by atoms with Gasteiger partial charge in [0.2, 0.25) is 0 Å². The lowest BCUT2D eigenvalue weighted by Gasteiger charge is -2.44. The van der Waals surface area contributed by atoms with E-state index in [2.05, 4.69) is 107 Å². The van der Waals surface area contributed by atoms with E-state index >= 15 is 0 Å². The van der Waals surface area contributed by atoms with Crippen molar-refractivity contribution in [2.45, 2.75) is 123 Å². The Labute approximate surface area is 242 Å². The van der Waals surface area contributed by atoms with Gasteiger partial charge < -0.3 is 25.0 Å². The molecule has 7 nitrogen and oxygen atoms in total. The van der Waals surface area contributed by atoms with Crippen LogP contribution in [-0.2, 0) is 5.41 Å². The highest BCUT2D eigenvalue weighted by molar-refractivity contribution is 5.44. The molecule has 0 atom stereocenters. The highest BCUT2D eigenvalue weighted by Gasteiger charge is 2.37. The first-order chi connectivity index (χ1) is 18.5. The molecule has 2 fully saturated rings. The molecule has 222 valence electrons. The number of hydrogen-bond donors (Lipinski definition) is 2. The van der Waals surface area contributed by atoms with Crippen molar-refractivity contribution in [2.75, 3.05) is 24.6 Å². The summed E-state index contributed by atoms with van der Waals surface area (Å²) < 4.78 is 12.5. The maximum atomic E-state index is 6.27. The van der Waals surface area contributed by atoms with Crippen LogP contribution >= 0.6 is 0 Å². The van der Waals surface area contributed by atoms with Crippen molar-refractivity contribution in [3.63, 3.8) is 0 Å². The molecule has 2 N–H and O–H groups in total. The molecule has 3 heterocycles. The van der Waals surface area contributed by atoms with Crippen molar-refractivity contribution >= 4 is 5.82 Å². The molecule has 1 aliphatic carbocycles. The fourth-order valence-electron chi connectivity index (χ4n) is 6.01. The van der Waals surface area contributed by atoms with Crippen LogP contribution in [0.25, 0.3) is 0 Å². The third-order valence-electron chi connectivity index (χ3n) is 7.61. The van der Waals surface area contributed by atoms with Gasteiger partial charge in [0.05, 0.1) is 12.8 Å². The Bertz CT molecular complexity index is 1100. The van der Waals surface area contributed by atoms with Crippen LogP contribution in [0.2, 0.25) is 0 Å². The quantitative estimate of drug-likeness (QED) is 0.348. The van der Waals surface area contributed by atoms with E-state index in [1.807, 2.05) is 24.5 Å². The third kappa shape index (κ3) is 8.81. The fourth-order valence-corrected chi connectivity index (χ4v) is 6.01. The summed E-state index contributed by atoms with van der Waals surface area (Å²) in [7, 11) is 0. The normalized spacial score (nSPS) is 20.6. The molecule has 0 amide bonds. The lowest BCUT2D eigenvalue weighted by atomic mass is 9.78. The molecule has 1 saturated heterocycles. The van der Waals surface area contributed by atoms with E-state index < -0.39 is 0 Å². The van der Waals surface area contributed by atoms with Gasteiger partial charge >= 0.3 is 0 Å². The first-order valence-corrected chi connectivity index (χ1v) is 15.0. The minimum absolute atomic E-state index is 0.00416. The summed E-state index contributed by atoms with van der Waals surface area (Å²) >= 11 is 0. The van der Waals surface area contributed by atoms with Gasteiger partial charge in [0, 0.05) is 65.0 Å². The summed E-state index contributed by atoms with van der Waals surface area (Å²) in [5.74, 6) is 2.78. The molecule has 2 aromatic heterocycles. The van der Waals surface area contributed by atoms with Gasteiger partial charge in [-0.15, -0.1) is 0 Å². The number of nitrogens with zero attached hydrogens (tertiary/aromatic N) is 3. The van der Waals surface area contributed by atoms with Gasteiger partial charge in [-0.2, -0.15) is 0 Å². The molecule has 0 spiro atoms. The van der Waals surface area contributed by atoms with Gasteiger partial charge in [0.25, 0.3) is 0 Å². The van der Waals surface area contributed by atoms with Crippen molar-refractivity contribution in [3.05, 3.63) is 42.4 Å². The van der Waals surface area contributed by atoms with Crippen LogP contribution < -0.4 is 25.0 Å². The molecule has 2 aromatic rings. The Kier molecular flexibility index (Phi) is 8.77. The van der Waals surface area contributed by atoms with E-state index in [4.69, 9.17) is 9.47 Å². The predicted octanol–water partition coefficient (Wildman–Crippen LogP) is 6.12. The van der Waals surface area contributed by atoms with Gasteiger partial charge in [-0.05, 0) is 72.1 Å². The molecule has 0 bridgehead atoms. The summed E-state index contributed by atoms with van der Waals surface area (Å²) in [5.41, 5.74) is 1.24. The maximum Gasteiger partial charge on any atom is 0.137 e. The number of anilines is 1. The van der Waals surface area contributed by atoms with Crippen LogP contribution in [0.15, 0.2) is 36.7 Å². The lowest BCUT2D eigenvalue weighted by molar-refractivity contribution is 0.0578. The number of aromatic nitrogens is 2. The summed E-state index contributed by atoms with van der Waals surface area (Å²) in [5, 5.41) is 7.53. The summed E-state index contributed by atoms with van der Waals surface area (Å²) in [4.78, 5) is 11.5. The van der Waals surface area contributed by atoms with Crippen molar-refractivity contribution in [2.24, 2.45) is 5.41 Å². The van der Waals surface area contributed by atoms with Crippen LogP contribution in [0.1, 0.15) is 94.2 Å². The SMILES string of the molecule is CC(C)(COc1ccc(N2CC(NC(C)(C)C)C2)nc1)CC(C)(C)NC1CC(Oc2ccnc(C(C)(C)C)c2)C1. The predicted molar refractivity (Wildman–Crippen MR) is 165 cm³/mol. The lowest BCUT2D eigenvalue weighted by Crippen LogP contribution is -2.62. The second-order valence-corrected chi connectivity index (χ2v) is 15.5. The number of rotatable bonds is 11. The summed E-state index contributed by atoms with van der Waals surface area (Å²) in [6.45, 7) is 25.0. The van der Waals surface area contributed by atoms with Crippen molar-refractivity contribution in [1.29, 1.82) is 0 Å². The van der Waals surface area contributed by atoms with Crippen molar-refractivity contribution in [3.8, 4) is 11.5 Å². The Morgan fingerprint density at radius 1 is 0.850 bits per heavy atom. The van der Waals surface area contributed by atoms with Crippen molar-refractivity contribution < 1.29 is 9.47 Å². The van der Waals surface area contributed by atoms with Gasteiger partial charge in [-0.1, -0.05) is 34.6 Å². The van der Waals surface area contributed by atoms with Gasteiger partial charge in [-0.3, -0.25) is 4.98 Å². The Balaban J connectivity index is 1.18. The third-order valence-corrected chi connectivity index (χ3v) is 7.61. The van der Waals surface area contributed by atoms with E-state index in [0.29, 0.717) is 18.7 Å². The number of nitrogens with one attached hydrogen (secondary N) is 2. The Morgan fingerprint density at radius 3 is 2.15 bits per heavy atom. The first kappa shape index (κ1) is 30.6. The van der Waals surface area contributed by atoms with Crippen molar-refractivity contribution in [1.82, 2.24) is 20.6 Å². The second kappa shape index (κ2) is 11.5. The van der Waals surface area contributed by atoms with Crippen LogP contribution in [0.5, 0.6) is 11.5 Å². The number of ether oxygens (including phenoxy) is 2. The highest BCUT2D eigenvalue weighted by atomic mass is 16.5. The van der Waals surface area contributed by atoms with Crippen LogP contribution in [-0.4, -0.2) is 58.9 Å². The molecule has 2 aliphatic rings. The molecule has 0 unspecified atom stereocenters. The zero-order valence-corrected chi connectivity index (χ0v) is 26.6. The van der Waals surface area contributed by atoms with Gasteiger partial charge in [0.15, 0.2) is 0 Å². The molecule has 40 heavy (non-hydrogen) atoms. The van der Waals surface area contributed by atoms with E-state index in [1.54, 1.807) is 0 Å². The molecule has 7 heteroatoms. The van der Waals surface area contributed by atoms with E-state index in [-0.39, 0.29) is 28.0 Å². The number of hydrogen-bond acceptors (Lipinski definition) is 7. The molecule has 0 aromatic carbocycles. The smallest absolute Gasteiger partial charge is 0.137 e. The molecule has 1 aliphatic heterocycles. The molecule has 0 radical (unpaired) electrons. The van der Waals surface area contributed by atoms with E-state index in [1.165, 1.54) is 0 Å². The molecular weight excluding hydrogens is 498 g/mol. The van der Waals surface area contributed by atoms with E-state index in [0.717, 1.165) is 55.4 Å². The standard InChI is InChI=1S/C33H53N5O2/c1-30(2,3)28-17-25(13-14-34-28)40-27-15-23(16-27)37-33(9,10)21-32(7,8)22-39-26-11-12-29(35-18-26)38-19-24(20-38)36-31(4,5)6/h11-14,17-18,23-24,27,36-37H,15-16,19-22H2,1-10H3. The molecule has 4 rings (SSSR count). The fraction of sp³-hybridized carbons (Fsp3) is 0.697. The van der Waals surface area contributed by atoms with E-state index in [9.17, 15) is 0 Å². The Morgan fingerprint density at radius 2 is 1.55 bits per heavy atom. The molecule has 1 saturated carbocycles. The summed E-state index contributed by atoms with van der Waals surface area (Å²) in [6, 6.07) is 9.17. The second-order valence-electron chi connectivity index (χ2n) is 15.5. The number of pyridine rings is 2. The zero-order valence-electron chi connectivity index (χ0n) is 26.6. The highest BCUT2D eigenvalue weighted by Crippen LogP contribution is 2.34. The van der Waals surface area contributed by atoms with Crippen LogP contribution in [0, 0.1) is 5.41 Å².